The number of carbonyl (C=O) groups excluding carboxylic acids is 1. The Labute approximate surface area is 163 Å². The van der Waals surface area contributed by atoms with E-state index in [1.165, 1.54) is 6.42 Å². The van der Waals surface area contributed by atoms with Gasteiger partial charge in [-0.05, 0) is 62.6 Å². The first kappa shape index (κ1) is 20.4. The summed E-state index contributed by atoms with van der Waals surface area (Å²) in [6.07, 6.45) is 5.16. The second-order valence-electron chi connectivity index (χ2n) is 7.33. The van der Waals surface area contributed by atoms with Gasteiger partial charge in [0.1, 0.15) is 15.5 Å². The summed E-state index contributed by atoms with van der Waals surface area (Å²) in [6.45, 7) is 8.41. The van der Waals surface area contributed by atoms with Crippen LogP contribution < -0.4 is 5.32 Å². The van der Waals surface area contributed by atoms with E-state index < -0.39 is 5.60 Å². The number of carbonyl (C=O) groups is 1. The van der Waals surface area contributed by atoms with Crippen LogP contribution in [0.25, 0.3) is 0 Å². The molecule has 0 saturated carbocycles. The Morgan fingerprint density at radius 2 is 2.28 bits per heavy atom. The molecule has 25 heavy (non-hydrogen) atoms. The van der Waals surface area contributed by atoms with Crippen molar-refractivity contribution in [2.24, 2.45) is 0 Å². The minimum Gasteiger partial charge on any atom is -0.444 e. The third kappa shape index (κ3) is 6.74. The SMILES string of the molecule is CN(CCNCc1cn(C2CCCCO2)nc1I)C(=O)OC(C)(C)C. The molecule has 0 bridgehead atoms. The molecular formula is C17H29IN4O3. The van der Waals surface area contributed by atoms with E-state index in [9.17, 15) is 4.79 Å². The number of aromatic nitrogens is 2. The zero-order chi connectivity index (χ0) is 18.4. The lowest BCUT2D eigenvalue weighted by Gasteiger charge is -2.24. The Balaban J connectivity index is 1.74. The fourth-order valence-electron chi connectivity index (χ4n) is 2.51. The fourth-order valence-corrected chi connectivity index (χ4v) is 3.09. The standard InChI is InChI=1S/C17H29IN4O3/c1-17(2,3)25-16(23)21(4)9-8-19-11-13-12-22(20-15(13)18)14-7-5-6-10-24-14/h12,14,19H,5-11H2,1-4H3. The number of nitrogens with one attached hydrogen (secondary N) is 1. The van der Waals surface area contributed by atoms with E-state index >= 15 is 0 Å². The Kier molecular flexibility index (Phi) is 7.51. The topological polar surface area (TPSA) is 68.6 Å². The Bertz CT molecular complexity index is 565. The average Bonchev–Trinajstić information content (AvgIpc) is 2.91. The van der Waals surface area contributed by atoms with E-state index in [1.807, 2.05) is 25.5 Å². The van der Waals surface area contributed by atoms with Gasteiger partial charge in [0.25, 0.3) is 0 Å². The molecule has 1 aromatic heterocycles. The number of ether oxygens (including phenoxy) is 2. The predicted octanol–water partition coefficient (Wildman–Crippen LogP) is 3.14. The smallest absolute Gasteiger partial charge is 0.410 e. The van der Waals surface area contributed by atoms with Crippen molar-refractivity contribution in [3.05, 3.63) is 15.5 Å². The van der Waals surface area contributed by atoms with Gasteiger partial charge < -0.3 is 19.7 Å². The number of rotatable bonds is 6. The average molecular weight is 464 g/mol. The number of amides is 1. The van der Waals surface area contributed by atoms with Crippen molar-refractivity contribution in [2.75, 3.05) is 26.7 Å². The summed E-state index contributed by atoms with van der Waals surface area (Å²) in [5.74, 6) is 0. The fraction of sp³-hybridized carbons (Fsp3) is 0.765. The molecule has 1 amide bonds. The highest BCUT2D eigenvalue weighted by atomic mass is 127. The number of hydrogen-bond donors (Lipinski definition) is 1. The first-order valence-electron chi connectivity index (χ1n) is 8.76. The molecule has 2 heterocycles. The van der Waals surface area contributed by atoms with Gasteiger partial charge in [-0.1, -0.05) is 0 Å². The number of nitrogens with zero attached hydrogens (tertiary/aromatic N) is 3. The zero-order valence-corrected chi connectivity index (χ0v) is 17.7. The van der Waals surface area contributed by atoms with Crippen LogP contribution in [0.4, 0.5) is 4.79 Å². The molecule has 1 atom stereocenters. The van der Waals surface area contributed by atoms with Gasteiger partial charge in [0, 0.05) is 45.0 Å². The molecule has 8 heteroatoms. The molecule has 1 aliphatic rings. The molecule has 1 unspecified atom stereocenters. The summed E-state index contributed by atoms with van der Waals surface area (Å²) in [6, 6.07) is 0. The van der Waals surface area contributed by atoms with Crippen LogP contribution in [-0.4, -0.2) is 53.1 Å². The minimum absolute atomic E-state index is 0.0642. The molecule has 1 fully saturated rings. The van der Waals surface area contributed by atoms with Crippen molar-refractivity contribution >= 4 is 28.7 Å². The van der Waals surface area contributed by atoms with Crippen molar-refractivity contribution in [1.29, 1.82) is 0 Å². The Hall–Kier alpha value is -0.870. The molecule has 0 spiro atoms. The van der Waals surface area contributed by atoms with Crippen molar-refractivity contribution in [1.82, 2.24) is 20.0 Å². The van der Waals surface area contributed by atoms with Gasteiger partial charge in [0.05, 0.1) is 0 Å². The third-order valence-corrected chi connectivity index (χ3v) is 4.76. The van der Waals surface area contributed by atoms with Gasteiger partial charge in [-0.3, -0.25) is 0 Å². The van der Waals surface area contributed by atoms with Crippen molar-refractivity contribution < 1.29 is 14.3 Å². The van der Waals surface area contributed by atoms with E-state index in [-0.39, 0.29) is 12.3 Å². The Morgan fingerprint density at radius 3 is 2.92 bits per heavy atom. The summed E-state index contributed by atoms with van der Waals surface area (Å²) >= 11 is 2.26. The van der Waals surface area contributed by atoms with Gasteiger partial charge >= 0.3 is 6.09 Å². The summed E-state index contributed by atoms with van der Waals surface area (Å²) in [4.78, 5) is 13.5. The van der Waals surface area contributed by atoms with Crippen molar-refractivity contribution in [2.45, 2.75) is 58.4 Å². The molecule has 1 aromatic rings. The molecule has 0 aromatic carbocycles. The second kappa shape index (κ2) is 9.18. The number of halogens is 1. The molecule has 1 saturated heterocycles. The van der Waals surface area contributed by atoms with Crippen LogP contribution >= 0.6 is 22.6 Å². The molecule has 7 nitrogen and oxygen atoms in total. The quantitative estimate of drug-likeness (QED) is 0.518. The van der Waals surface area contributed by atoms with Crippen LogP contribution in [-0.2, 0) is 16.0 Å². The third-order valence-electron chi connectivity index (χ3n) is 3.85. The molecule has 2 rings (SSSR count). The van der Waals surface area contributed by atoms with Crippen molar-refractivity contribution in [3.63, 3.8) is 0 Å². The lowest BCUT2D eigenvalue weighted by atomic mass is 10.2. The molecule has 1 N–H and O–H groups in total. The summed E-state index contributed by atoms with van der Waals surface area (Å²) < 4.78 is 14.0. The van der Waals surface area contributed by atoms with Crippen LogP contribution in [0.1, 0.15) is 51.8 Å². The van der Waals surface area contributed by atoms with Crippen LogP contribution in [0.3, 0.4) is 0 Å². The maximum atomic E-state index is 11.9. The zero-order valence-electron chi connectivity index (χ0n) is 15.5. The molecule has 0 aliphatic carbocycles. The summed E-state index contributed by atoms with van der Waals surface area (Å²) in [7, 11) is 1.75. The molecule has 0 radical (unpaired) electrons. The normalized spacial score (nSPS) is 18.2. The van der Waals surface area contributed by atoms with Crippen LogP contribution in [0, 0.1) is 3.70 Å². The van der Waals surface area contributed by atoms with E-state index in [4.69, 9.17) is 9.47 Å². The first-order valence-corrected chi connectivity index (χ1v) is 9.84. The van der Waals surface area contributed by atoms with Gasteiger partial charge in [0.2, 0.25) is 0 Å². The summed E-state index contributed by atoms with van der Waals surface area (Å²) in [5.41, 5.74) is 0.680. The van der Waals surface area contributed by atoms with Crippen LogP contribution in [0.5, 0.6) is 0 Å². The maximum absolute atomic E-state index is 11.9. The van der Waals surface area contributed by atoms with Gasteiger partial charge in [0.15, 0.2) is 0 Å². The maximum Gasteiger partial charge on any atom is 0.410 e. The van der Waals surface area contributed by atoms with Crippen LogP contribution in [0.2, 0.25) is 0 Å². The van der Waals surface area contributed by atoms with Gasteiger partial charge in [-0.15, -0.1) is 0 Å². The lowest BCUT2D eigenvalue weighted by Crippen LogP contribution is -2.37. The van der Waals surface area contributed by atoms with E-state index in [1.54, 1.807) is 11.9 Å². The van der Waals surface area contributed by atoms with Gasteiger partial charge in [-0.25, -0.2) is 9.48 Å². The van der Waals surface area contributed by atoms with Crippen LogP contribution in [0.15, 0.2) is 6.20 Å². The molecule has 142 valence electrons. The van der Waals surface area contributed by atoms with Crippen molar-refractivity contribution in [3.8, 4) is 0 Å². The first-order chi connectivity index (χ1) is 11.8. The van der Waals surface area contributed by atoms with E-state index in [0.717, 1.165) is 28.7 Å². The molecule has 1 aliphatic heterocycles. The molecular weight excluding hydrogens is 435 g/mol. The van der Waals surface area contributed by atoms with E-state index in [2.05, 4.69) is 39.2 Å². The predicted molar refractivity (Wildman–Crippen MR) is 104 cm³/mol. The largest absolute Gasteiger partial charge is 0.444 e. The highest BCUT2D eigenvalue weighted by Crippen LogP contribution is 2.23. The minimum atomic E-state index is -0.468. The Morgan fingerprint density at radius 1 is 1.52 bits per heavy atom. The number of hydrogen-bond acceptors (Lipinski definition) is 5. The number of likely N-dealkylation sites (N-methyl/N-ethyl adjacent to an activating group) is 1. The highest BCUT2D eigenvalue weighted by Gasteiger charge is 2.20. The summed E-state index contributed by atoms with van der Waals surface area (Å²) in [5, 5.41) is 7.93. The van der Waals surface area contributed by atoms with E-state index in [0.29, 0.717) is 19.6 Å². The van der Waals surface area contributed by atoms with Gasteiger partial charge in [-0.2, -0.15) is 5.10 Å². The highest BCUT2D eigenvalue weighted by molar-refractivity contribution is 14.1. The monoisotopic (exact) mass is 464 g/mol. The second-order valence-corrected chi connectivity index (χ2v) is 8.35. The lowest BCUT2D eigenvalue weighted by molar-refractivity contribution is -0.0397.